The molecule has 4 nitrogen and oxygen atoms in total. The second kappa shape index (κ2) is 10.1. The highest BCUT2D eigenvalue weighted by Crippen LogP contribution is 2.34. The molecule has 0 unspecified atom stereocenters. The molecule has 1 aromatic carbocycles. The maximum atomic E-state index is 5.55. The minimum absolute atomic E-state index is 0.276. The first-order valence-corrected chi connectivity index (χ1v) is 10.3. The molecule has 2 N–H and O–H groups in total. The Morgan fingerprint density at radius 3 is 2.44 bits per heavy atom. The van der Waals surface area contributed by atoms with Gasteiger partial charge in [0.05, 0.1) is 0 Å². The average molecular weight is 364 g/mol. The molecule has 0 saturated carbocycles. The molecule has 1 aliphatic heterocycles. The molecule has 0 aromatic heterocycles. The second-order valence-corrected chi connectivity index (χ2v) is 8.56. The molecule has 25 heavy (non-hydrogen) atoms. The molecule has 1 aliphatic rings. The molecule has 0 bridgehead atoms. The van der Waals surface area contributed by atoms with Crippen LogP contribution in [-0.4, -0.2) is 49.8 Å². The first-order valence-electron chi connectivity index (χ1n) is 9.30. The van der Waals surface area contributed by atoms with E-state index in [9.17, 15) is 0 Å². The van der Waals surface area contributed by atoms with Crippen LogP contribution in [0.4, 0.5) is 0 Å². The number of benzene rings is 1. The molecule has 1 heterocycles. The zero-order chi connectivity index (χ0) is 18.1. The lowest BCUT2D eigenvalue weighted by molar-refractivity contribution is 0.0782. The average Bonchev–Trinajstić information content (AvgIpc) is 2.58. The van der Waals surface area contributed by atoms with E-state index in [2.05, 4.69) is 66.4 Å². The highest BCUT2D eigenvalue weighted by molar-refractivity contribution is 8.00. The zero-order valence-electron chi connectivity index (χ0n) is 16.2. The molecule has 0 atom stereocenters. The van der Waals surface area contributed by atoms with E-state index in [1.165, 1.54) is 16.7 Å². The third-order valence-electron chi connectivity index (χ3n) is 4.64. The van der Waals surface area contributed by atoms with Crippen molar-refractivity contribution in [3.05, 3.63) is 34.9 Å². The van der Waals surface area contributed by atoms with Gasteiger partial charge in [0.15, 0.2) is 5.96 Å². The lowest BCUT2D eigenvalue weighted by Crippen LogP contribution is -2.48. The fraction of sp³-hybridized carbons (Fsp3) is 0.650. The van der Waals surface area contributed by atoms with Crippen molar-refractivity contribution in [1.82, 2.24) is 10.6 Å². The first kappa shape index (κ1) is 20.1. The van der Waals surface area contributed by atoms with Gasteiger partial charge in [0.25, 0.3) is 0 Å². The largest absolute Gasteiger partial charge is 0.381 e. The third kappa shape index (κ3) is 6.55. The topological polar surface area (TPSA) is 45.7 Å². The predicted molar refractivity (Wildman–Crippen MR) is 110 cm³/mol. The Hall–Kier alpha value is -1.20. The number of aliphatic imine (C=N–C) groups is 1. The van der Waals surface area contributed by atoms with Gasteiger partial charge < -0.3 is 15.4 Å². The van der Waals surface area contributed by atoms with Crippen LogP contribution in [0, 0.1) is 13.8 Å². The third-order valence-corrected chi connectivity index (χ3v) is 6.10. The standard InChI is InChI=1S/C20H33N3OS/c1-5-25-20(7-10-24-11-8-20)15-23-19(21-4)22-9-6-18-13-16(2)12-17(3)14-18/h12-14H,5-11,15H2,1-4H3,(H2,21,22,23). The number of hydrogen-bond acceptors (Lipinski definition) is 3. The Morgan fingerprint density at radius 2 is 1.84 bits per heavy atom. The van der Waals surface area contributed by atoms with Crippen LogP contribution >= 0.6 is 11.8 Å². The number of thioether (sulfide) groups is 1. The Balaban J connectivity index is 1.81. The van der Waals surface area contributed by atoms with Crippen LogP contribution in [0.3, 0.4) is 0 Å². The fourth-order valence-corrected chi connectivity index (χ4v) is 4.67. The van der Waals surface area contributed by atoms with Crippen LogP contribution in [0.1, 0.15) is 36.5 Å². The lowest BCUT2D eigenvalue weighted by atomic mass is 9.99. The van der Waals surface area contributed by atoms with E-state index in [4.69, 9.17) is 4.74 Å². The molecule has 140 valence electrons. The van der Waals surface area contributed by atoms with Crippen LogP contribution in [0.2, 0.25) is 0 Å². The Kier molecular flexibility index (Phi) is 8.10. The van der Waals surface area contributed by atoms with Crippen molar-refractivity contribution in [1.29, 1.82) is 0 Å². The van der Waals surface area contributed by atoms with Crippen molar-refractivity contribution >= 4 is 17.7 Å². The van der Waals surface area contributed by atoms with Gasteiger partial charge in [-0.3, -0.25) is 4.99 Å². The molecule has 0 amide bonds. The van der Waals surface area contributed by atoms with E-state index in [1.807, 2.05) is 7.05 Å². The summed E-state index contributed by atoms with van der Waals surface area (Å²) in [6.45, 7) is 10.1. The summed E-state index contributed by atoms with van der Waals surface area (Å²) in [5.74, 6) is 2.03. The van der Waals surface area contributed by atoms with Crippen LogP contribution < -0.4 is 10.6 Å². The van der Waals surface area contributed by atoms with Crippen molar-refractivity contribution in [3.63, 3.8) is 0 Å². The summed E-state index contributed by atoms with van der Waals surface area (Å²) in [7, 11) is 1.84. The summed E-state index contributed by atoms with van der Waals surface area (Å²) in [4.78, 5) is 4.38. The minimum atomic E-state index is 0.276. The van der Waals surface area contributed by atoms with Crippen molar-refractivity contribution in [2.24, 2.45) is 4.99 Å². The number of nitrogens with zero attached hydrogens (tertiary/aromatic N) is 1. The molecular weight excluding hydrogens is 330 g/mol. The summed E-state index contributed by atoms with van der Waals surface area (Å²) in [6.07, 6.45) is 3.22. The van der Waals surface area contributed by atoms with Gasteiger partial charge in [0.2, 0.25) is 0 Å². The van der Waals surface area contributed by atoms with Crippen LogP contribution in [0.15, 0.2) is 23.2 Å². The molecule has 0 spiro atoms. The molecule has 1 aromatic rings. The van der Waals surface area contributed by atoms with E-state index in [0.717, 1.165) is 57.3 Å². The molecule has 0 aliphatic carbocycles. The first-order chi connectivity index (χ1) is 12.1. The van der Waals surface area contributed by atoms with Gasteiger partial charge in [0, 0.05) is 38.1 Å². The second-order valence-electron chi connectivity index (χ2n) is 6.83. The maximum Gasteiger partial charge on any atom is 0.191 e. The number of aryl methyl sites for hydroxylation is 2. The SMILES string of the molecule is CCSC1(CNC(=NC)NCCc2cc(C)cc(C)c2)CCOCC1. The van der Waals surface area contributed by atoms with Gasteiger partial charge in [-0.1, -0.05) is 36.2 Å². The van der Waals surface area contributed by atoms with Crippen molar-refractivity contribution in [3.8, 4) is 0 Å². The van der Waals surface area contributed by atoms with Gasteiger partial charge in [0.1, 0.15) is 0 Å². The highest BCUT2D eigenvalue weighted by atomic mass is 32.2. The zero-order valence-corrected chi connectivity index (χ0v) is 17.0. The van der Waals surface area contributed by atoms with Gasteiger partial charge in [-0.15, -0.1) is 0 Å². The Morgan fingerprint density at radius 1 is 1.16 bits per heavy atom. The monoisotopic (exact) mass is 363 g/mol. The summed E-state index contributed by atoms with van der Waals surface area (Å²) in [5.41, 5.74) is 4.04. The maximum absolute atomic E-state index is 5.55. The van der Waals surface area contributed by atoms with Crippen molar-refractivity contribution < 1.29 is 4.74 Å². The molecule has 2 rings (SSSR count). The van der Waals surface area contributed by atoms with E-state index >= 15 is 0 Å². The normalized spacial score (nSPS) is 17.4. The van der Waals surface area contributed by atoms with E-state index < -0.39 is 0 Å². The van der Waals surface area contributed by atoms with E-state index in [-0.39, 0.29) is 4.75 Å². The van der Waals surface area contributed by atoms with Gasteiger partial charge in [-0.25, -0.2) is 0 Å². The summed E-state index contributed by atoms with van der Waals surface area (Å²) >= 11 is 2.05. The quantitative estimate of drug-likeness (QED) is 0.576. The lowest BCUT2D eigenvalue weighted by Gasteiger charge is -2.37. The summed E-state index contributed by atoms with van der Waals surface area (Å²) in [5, 5.41) is 6.99. The van der Waals surface area contributed by atoms with Gasteiger partial charge in [-0.05, 0) is 44.4 Å². The minimum Gasteiger partial charge on any atom is -0.381 e. The van der Waals surface area contributed by atoms with E-state index in [1.54, 1.807) is 0 Å². The van der Waals surface area contributed by atoms with Crippen LogP contribution in [0.5, 0.6) is 0 Å². The molecule has 1 saturated heterocycles. The number of nitrogens with one attached hydrogen (secondary N) is 2. The number of ether oxygens (including phenoxy) is 1. The number of hydrogen-bond donors (Lipinski definition) is 2. The van der Waals surface area contributed by atoms with E-state index in [0.29, 0.717) is 0 Å². The molecule has 0 radical (unpaired) electrons. The van der Waals surface area contributed by atoms with Crippen LogP contribution in [-0.2, 0) is 11.2 Å². The van der Waals surface area contributed by atoms with Crippen LogP contribution in [0.25, 0.3) is 0 Å². The Bertz CT molecular complexity index is 542. The molecular formula is C20H33N3OS. The van der Waals surface area contributed by atoms with Gasteiger partial charge >= 0.3 is 0 Å². The highest BCUT2D eigenvalue weighted by Gasteiger charge is 2.32. The van der Waals surface area contributed by atoms with Crippen molar-refractivity contribution in [2.45, 2.75) is 44.8 Å². The summed E-state index contributed by atoms with van der Waals surface area (Å²) < 4.78 is 5.83. The summed E-state index contributed by atoms with van der Waals surface area (Å²) in [6, 6.07) is 6.75. The number of rotatable bonds is 7. The molecule has 5 heteroatoms. The van der Waals surface area contributed by atoms with Gasteiger partial charge in [-0.2, -0.15) is 11.8 Å². The fourth-order valence-electron chi connectivity index (χ4n) is 3.43. The Labute approximate surface area is 157 Å². The van der Waals surface area contributed by atoms with Crippen molar-refractivity contribution in [2.75, 3.05) is 39.1 Å². The predicted octanol–water partition coefficient (Wildman–Crippen LogP) is 3.31. The number of guanidine groups is 1. The smallest absolute Gasteiger partial charge is 0.191 e. The molecule has 1 fully saturated rings.